The van der Waals surface area contributed by atoms with Crippen molar-refractivity contribution < 1.29 is 9.53 Å². The number of nitrogens with zero attached hydrogens (tertiary/aromatic N) is 3. The van der Waals surface area contributed by atoms with Crippen LogP contribution in [0.15, 0.2) is 0 Å². The summed E-state index contributed by atoms with van der Waals surface area (Å²) in [6.45, 7) is 10.6. The number of ether oxygens (including phenoxy) is 1. The highest BCUT2D eigenvalue weighted by molar-refractivity contribution is 5.83. The van der Waals surface area contributed by atoms with Crippen LogP contribution in [0.4, 0.5) is 11.9 Å². The minimum absolute atomic E-state index is 0.0458. The fraction of sp³-hybridized carbons (Fsp3) is 0.692. The van der Waals surface area contributed by atoms with Crippen molar-refractivity contribution in [3.05, 3.63) is 0 Å². The third-order valence-electron chi connectivity index (χ3n) is 2.38. The van der Waals surface area contributed by atoms with Gasteiger partial charge >= 0.3 is 6.01 Å². The van der Waals surface area contributed by atoms with Gasteiger partial charge in [-0.1, -0.05) is 0 Å². The molecule has 1 aromatic rings. The molecule has 1 unspecified atom stereocenters. The maximum atomic E-state index is 11.7. The van der Waals surface area contributed by atoms with Crippen LogP contribution in [0.2, 0.25) is 0 Å². The van der Waals surface area contributed by atoms with E-state index in [0.717, 1.165) is 0 Å². The third-order valence-corrected chi connectivity index (χ3v) is 2.38. The lowest BCUT2D eigenvalue weighted by Crippen LogP contribution is -2.37. The second kappa shape index (κ2) is 8.23. The first-order valence-electron chi connectivity index (χ1n) is 7.17. The maximum Gasteiger partial charge on any atom is 0.323 e. The number of carbonyl (C=O) groups excluding carboxylic acids is 1. The Morgan fingerprint density at radius 2 is 1.76 bits per heavy atom. The molecule has 1 atom stereocenters. The smallest absolute Gasteiger partial charge is 0.323 e. The molecule has 3 N–H and O–H groups in total. The second-order valence-electron chi connectivity index (χ2n) is 4.72. The van der Waals surface area contributed by atoms with Gasteiger partial charge in [-0.05, 0) is 34.6 Å². The van der Waals surface area contributed by atoms with E-state index in [4.69, 9.17) is 4.74 Å². The molecule has 8 heteroatoms. The number of nitrogens with one attached hydrogen (secondary N) is 3. The number of anilines is 2. The van der Waals surface area contributed by atoms with E-state index >= 15 is 0 Å². The minimum Gasteiger partial charge on any atom is -0.461 e. The summed E-state index contributed by atoms with van der Waals surface area (Å²) in [6.07, 6.45) is -0.0458. The SMILES string of the molecule is CCNC(=O)C(C)Nc1nc(NCC)nc(OC(C)C)n1. The van der Waals surface area contributed by atoms with E-state index in [9.17, 15) is 4.79 Å². The molecular weight excluding hydrogens is 272 g/mol. The van der Waals surface area contributed by atoms with Gasteiger partial charge in [-0.25, -0.2) is 0 Å². The van der Waals surface area contributed by atoms with Gasteiger partial charge in [0, 0.05) is 13.1 Å². The molecule has 1 aromatic heterocycles. The zero-order chi connectivity index (χ0) is 15.8. The van der Waals surface area contributed by atoms with Gasteiger partial charge in [0.25, 0.3) is 0 Å². The fourth-order valence-corrected chi connectivity index (χ4v) is 1.51. The van der Waals surface area contributed by atoms with Gasteiger partial charge in [-0.15, -0.1) is 0 Å². The molecule has 1 rings (SSSR count). The van der Waals surface area contributed by atoms with Crippen molar-refractivity contribution in [1.29, 1.82) is 0 Å². The Balaban J connectivity index is 2.88. The van der Waals surface area contributed by atoms with Crippen LogP contribution in [-0.2, 0) is 4.79 Å². The standard InChI is InChI=1S/C13H24N6O2/c1-6-14-10(20)9(5)16-12-17-11(15-7-2)18-13(19-12)21-8(3)4/h8-9H,6-7H2,1-5H3,(H,14,20)(H2,15,16,17,18,19). The van der Waals surface area contributed by atoms with Crippen LogP contribution in [0.5, 0.6) is 6.01 Å². The molecule has 118 valence electrons. The molecule has 0 aliphatic heterocycles. The summed E-state index contributed by atoms with van der Waals surface area (Å²) < 4.78 is 5.49. The van der Waals surface area contributed by atoms with Gasteiger partial charge in [-0.2, -0.15) is 15.0 Å². The number of likely N-dealkylation sites (N-methyl/N-ethyl adjacent to an activating group) is 1. The lowest BCUT2D eigenvalue weighted by molar-refractivity contribution is -0.121. The molecule has 0 spiro atoms. The molecule has 0 aromatic carbocycles. The highest BCUT2D eigenvalue weighted by Gasteiger charge is 2.15. The Kier molecular flexibility index (Phi) is 6.64. The molecule has 0 bridgehead atoms. The van der Waals surface area contributed by atoms with Crippen LogP contribution >= 0.6 is 0 Å². The fourth-order valence-electron chi connectivity index (χ4n) is 1.51. The van der Waals surface area contributed by atoms with E-state index in [1.165, 1.54) is 0 Å². The average molecular weight is 296 g/mol. The Bertz CT molecular complexity index is 466. The number of aromatic nitrogens is 3. The van der Waals surface area contributed by atoms with Crippen molar-refractivity contribution in [3.63, 3.8) is 0 Å². The van der Waals surface area contributed by atoms with Crippen LogP contribution in [0.3, 0.4) is 0 Å². The summed E-state index contributed by atoms with van der Waals surface area (Å²) in [5.41, 5.74) is 0. The molecule has 1 heterocycles. The monoisotopic (exact) mass is 296 g/mol. The maximum absolute atomic E-state index is 11.7. The Morgan fingerprint density at radius 1 is 1.10 bits per heavy atom. The molecular formula is C13H24N6O2. The number of hydrogen-bond donors (Lipinski definition) is 3. The number of hydrogen-bond acceptors (Lipinski definition) is 7. The second-order valence-corrected chi connectivity index (χ2v) is 4.72. The van der Waals surface area contributed by atoms with E-state index in [2.05, 4.69) is 30.9 Å². The quantitative estimate of drug-likeness (QED) is 0.658. The highest BCUT2D eigenvalue weighted by Crippen LogP contribution is 2.13. The van der Waals surface area contributed by atoms with Crippen molar-refractivity contribution in [1.82, 2.24) is 20.3 Å². The van der Waals surface area contributed by atoms with E-state index in [-0.39, 0.29) is 18.0 Å². The third kappa shape index (κ3) is 5.80. The number of carbonyl (C=O) groups is 1. The van der Waals surface area contributed by atoms with Crippen molar-refractivity contribution in [2.24, 2.45) is 0 Å². The van der Waals surface area contributed by atoms with E-state index < -0.39 is 6.04 Å². The van der Waals surface area contributed by atoms with Gasteiger partial charge in [0.15, 0.2) is 0 Å². The van der Waals surface area contributed by atoms with Gasteiger partial charge in [0.2, 0.25) is 17.8 Å². The number of rotatable bonds is 8. The largest absolute Gasteiger partial charge is 0.461 e. The average Bonchev–Trinajstić information content (AvgIpc) is 2.38. The van der Waals surface area contributed by atoms with Crippen molar-refractivity contribution >= 4 is 17.8 Å². The van der Waals surface area contributed by atoms with Crippen molar-refractivity contribution in [2.75, 3.05) is 23.7 Å². The molecule has 8 nitrogen and oxygen atoms in total. The highest BCUT2D eigenvalue weighted by atomic mass is 16.5. The predicted molar refractivity (Wildman–Crippen MR) is 81.5 cm³/mol. The van der Waals surface area contributed by atoms with Crippen LogP contribution in [0.25, 0.3) is 0 Å². The Hall–Kier alpha value is -2.12. The normalized spacial score (nSPS) is 11.9. The molecule has 0 radical (unpaired) electrons. The summed E-state index contributed by atoms with van der Waals surface area (Å²) >= 11 is 0. The summed E-state index contributed by atoms with van der Waals surface area (Å²) in [5, 5.41) is 8.68. The summed E-state index contributed by atoms with van der Waals surface area (Å²) in [6, 6.07) is -0.227. The Morgan fingerprint density at radius 3 is 2.33 bits per heavy atom. The first kappa shape index (κ1) is 16.9. The molecule has 0 aliphatic carbocycles. The van der Waals surface area contributed by atoms with Gasteiger partial charge in [-0.3, -0.25) is 4.79 Å². The Labute approximate surface area is 125 Å². The molecule has 21 heavy (non-hydrogen) atoms. The molecule has 0 saturated heterocycles. The van der Waals surface area contributed by atoms with Crippen molar-refractivity contribution in [3.8, 4) is 6.01 Å². The van der Waals surface area contributed by atoms with E-state index in [1.54, 1.807) is 6.92 Å². The molecule has 1 amide bonds. The molecule has 0 fully saturated rings. The van der Waals surface area contributed by atoms with Crippen LogP contribution < -0.4 is 20.7 Å². The van der Waals surface area contributed by atoms with E-state index in [1.807, 2.05) is 27.7 Å². The first-order valence-corrected chi connectivity index (χ1v) is 7.17. The van der Waals surface area contributed by atoms with Crippen LogP contribution in [0, 0.1) is 0 Å². The van der Waals surface area contributed by atoms with E-state index in [0.29, 0.717) is 25.0 Å². The zero-order valence-corrected chi connectivity index (χ0v) is 13.2. The van der Waals surface area contributed by atoms with Gasteiger partial charge in [0.05, 0.1) is 6.10 Å². The topological polar surface area (TPSA) is 101 Å². The lowest BCUT2D eigenvalue weighted by Gasteiger charge is -2.15. The molecule has 0 saturated carbocycles. The molecule has 0 aliphatic rings. The minimum atomic E-state index is -0.450. The van der Waals surface area contributed by atoms with Crippen molar-refractivity contribution in [2.45, 2.75) is 46.8 Å². The summed E-state index contributed by atoms with van der Waals surface area (Å²) in [4.78, 5) is 24.3. The van der Waals surface area contributed by atoms with Gasteiger partial charge in [0.1, 0.15) is 6.04 Å². The van der Waals surface area contributed by atoms with Crippen LogP contribution in [0.1, 0.15) is 34.6 Å². The van der Waals surface area contributed by atoms with Gasteiger partial charge < -0.3 is 20.7 Å². The summed E-state index contributed by atoms with van der Waals surface area (Å²) in [5.74, 6) is 0.596. The zero-order valence-electron chi connectivity index (χ0n) is 13.2. The number of amides is 1. The van der Waals surface area contributed by atoms with Crippen LogP contribution in [-0.4, -0.2) is 46.1 Å². The predicted octanol–water partition coefficient (Wildman–Crippen LogP) is 1.03. The first-order chi connectivity index (χ1) is 9.96. The summed E-state index contributed by atoms with van der Waals surface area (Å²) in [7, 11) is 0. The lowest BCUT2D eigenvalue weighted by atomic mass is 10.3.